The fourth-order valence-corrected chi connectivity index (χ4v) is 6.26. The van der Waals surface area contributed by atoms with E-state index >= 15 is 0 Å². The molecule has 8 nitrogen and oxygen atoms in total. The highest BCUT2D eigenvalue weighted by Gasteiger charge is 2.23. The summed E-state index contributed by atoms with van der Waals surface area (Å²) in [6.45, 7) is 8.18. The lowest BCUT2D eigenvalue weighted by atomic mass is 9.93. The van der Waals surface area contributed by atoms with Crippen molar-refractivity contribution in [1.82, 2.24) is 9.55 Å². The van der Waals surface area contributed by atoms with Gasteiger partial charge in [-0.15, -0.1) is 0 Å². The third kappa shape index (κ3) is 5.97. The minimum absolute atomic E-state index is 0.0724. The molecule has 1 aromatic heterocycles. The molecular formula is C35H36N3O5P. The van der Waals surface area contributed by atoms with Crippen molar-refractivity contribution in [1.29, 1.82) is 0 Å². The van der Waals surface area contributed by atoms with Crippen molar-refractivity contribution in [3.05, 3.63) is 96.2 Å². The molecule has 0 unspecified atom stereocenters. The van der Waals surface area contributed by atoms with Crippen molar-refractivity contribution in [2.45, 2.75) is 27.2 Å². The fourth-order valence-electron chi connectivity index (χ4n) is 5.68. The number of aromatic hydroxyl groups is 1. The van der Waals surface area contributed by atoms with E-state index in [4.69, 9.17) is 4.98 Å². The summed E-state index contributed by atoms with van der Waals surface area (Å²) in [6, 6.07) is 25.0. The number of phenols is 1. The number of benzene rings is 4. The zero-order valence-corrected chi connectivity index (χ0v) is 26.1. The summed E-state index contributed by atoms with van der Waals surface area (Å²) in [5, 5.41) is 11.4. The Bertz CT molecular complexity index is 1870. The first-order valence-electron chi connectivity index (χ1n) is 14.6. The maximum Gasteiger partial charge on any atom is 0.356 e. The average Bonchev–Trinajstić information content (AvgIpc) is 3.37. The molecule has 0 aliphatic rings. The zero-order chi connectivity index (χ0) is 31.6. The molecule has 0 amide bonds. The lowest BCUT2D eigenvalue weighted by molar-refractivity contribution is 0.112. The van der Waals surface area contributed by atoms with E-state index in [9.17, 15) is 24.3 Å². The normalized spacial score (nSPS) is 11.5. The fraction of sp³-hybridized carbons (Fsp3) is 0.200. The third-order valence-corrected chi connectivity index (χ3v) is 8.92. The molecule has 0 spiro atoms. The van der Waals surface area contributed by atoms with Gasteiger partial charge in [0.1, 0.15) is 17.9 Å². The Kier molecular flexibility index (Phi) is 8.88. The second kappa shape index (κ2) is 12.6. The molecule has 226 valence electrons. The van der Waals surface area contributed by atoms with Gasteiger partial charge >= 0.3 is 7.60 Å². The second-order valence-electron chi connectivity index (χ2n) is 10.6. The van der Waals surface area contributed by atoms with Gasteiger partial charge in [0.15, 0.2) is 0 Å². The minimum Gasteiger partial charge on any atom is -0.507 e. The molecular weight excluding hydrogens is 573 g/mol. The van der Waals surface area contributed by atoms with Gasteiger partial charge in [0.25, 0.3) is 0 Å². The van der Waals surface area contributed by atoms with Gasteiger partial charge in [-0.3, -0.25) is 9.36 Å². The van der Waals surface area contributed by atoms with Crippen LogP contribution in [-0.2, 0) is 18.0 Å². The molecule has 9 heteroatoms. The Labute approximate surface area is 257 Å². The Balaban J connectivity index is 1.73. The average molecular weight is 610 g/mol. The maximum absolute atomic E-state index is 12.1. The monoisotopic (exact) mass is 609 g/mol. The summed E-state index contributed by atoms with van der Waals surface area (Å²) >= 11 is 0. The Morgan fingerprint density at radius 3 is 2.00 bits per heavy atom. The molecule has 0 fully saturated rings. The Morgan fingerprint density at radius 2 is 1.43 bits per heavy atom. The van der Waals surface area contributed by atoms with Gasteiger partial charge in [-0.1, -0.05) is 49.4 Å². The molecule has 0 bridgehead atoms. The smallest absolute Gasteiger partial charge is 0.356 e. The highest BCUT2D eigenvalue weighted by atomic mass is 31.2. The number of rotatable bonds is 10. The van der Waals surface area contributed by atoms with Crippen molar-refractivity contribution in [2.75, 3.05) is 18.0 Å². The van der Waals surface area contributed by atoms with Crippen LogP contribution >= 0.6 is 7.60 Å². The van der Waals surface area contributed by atoms with Crippen molar-refractivity contribution < 1.29 is 24.3 Å². The number of nitrogens with zero attached hydrogens (tertiary/aromatic N) is 3. The molecule has 1 heterocycles. The van der Waals surface area contributed by atoms with E-state index < -0.39 is 7.60 Å². The van der Waals surface area contributed by atoms with E-state index in [2.05, 4.69) is 49.9 Å². The first-order chi connectivity index (χ1) is 21.1. The summed E-state index contributed by atoms with van der Waals surface area (Å²) < 4.78 is 14.1. The SMILES string of the molecule is CCc1nc(-c2cc(-c3cccc(C=O)c3)c(O)c(-c3cccc(P(=O)(O)O)c3)c2)n(C)c1-c1ccc(N(CC)CC)cc1. The quantitative estimate of drug-likeness (QED) is 0.118. The molecule has 3 N–H and O–H groups in total. The van der Waals surface area contributed by atoms with Gasteiger partial charge in [-0.05, 0) is 73.9 Å². The van der Waals surface area contributed by atoms with Gasteiger partial charge < -0.3 is 24.4 Å². The van der Waals surface area contributed by atoms with E-state index in [0.717, 1.165) is 42.0 Å². The molecule has 5 rings (SSSR count). The third-order valence-electron chi connectivity index (χ3n) is 7.97. The van der Waals surface area contributed by atoms with E-state index in [-0.39, 0.29) is 11.1 Å². The van der Waals surface area contributed by atoms with Crippen LogP contribution in [0.5, 0.6) is 5.75 Å². The van der Waals surface area contributed by atoms with Crippen LogP contribution in [0.1, 0.15) is 36.8 Å². The topological polar surface area (TPSA) is 116 Å². The van der Waals surface area contributed by atoms with Crippen LogP contribution in [0.3, 0.4) is 0 Å². The van der Waals surface area contributed by atoms with Crippen LogP contribution in [0, 0.1) is 0 Å². The highest BCUT2D eigenvalue weighted by molar-refractivity contribution is 7.60. The predicted molar refractivity (Wildman–Crippen MR) is 177 cm³/mol. The van der Waals surface area contributed by atoms with Crippen LogP contribution in [0.4, 0.5) is 5.69 Å². The highest BCUT2D eigenvalue weighted by Crippen LogP contribution is 2.43. The summed E-state index contributed by atoms with van der Waals surface area (Å²) in [4.78, 5) is 38.6. The number of aromatic nitrogens is 2. The first-order valence-corrected chi connectivity index (χ1v) is 16.2. The predicted octanol–water partition coefficient (Wildman–Crippen LogP) is 6.82. The number of hydrogen-bond donors (Lipinski definition) is 3. The largest absolute Gasteiger partial charge is 0.507 e. The molecule has 0 aliphatic carbocycles. The van der Waals surface area contributed by atoms with Gasteiger partial charge in [0.05, 0.1) is 16.7 Å². The maximum atomic E-state index is 12.1. The number of aldehydes is 1. The molecule has 5 aromatic rings. The van der Waals surface area contributed by atoms with Gasteiger partial charge in [-0.2, -0.15) is 0 Å². The number of imidazole rings is 1. The van der Waals surface area contributed by atoms with Crippen molar-refractivity contribution in [3.63, 3.8) is 0 Å². The van der Waals surface area contributed by atoms with E-state index in [0.29, 0.717) is 45.6 Å². The van der Waals surface area contributed by atoms with Crippen LogP contribution in [-0.4, -0.2) is 43.8 Å². The molecule has 0 radical (unpaired) electrons. The number of carbonyl (C=O) groups excluding carboxylic acids is 1. The van der Waals surface area contributed by atoms with Crippen molar-refractivity contribution in [2.24, 2.45) is 7.05 Å². The number of phenolic OH excluding ortho intramolecular Hbond substituents is 1. The van der Waals surface area contributed by atoms with Gasteiger partial charge in [0.2, 0.25) is 0 Å². The minimum atomic E-state index is -4.53. The van der Waals surface area contributed by atoms with Crippen LogP contribution in [0.15, 0.2) is 84.9 Å². The summed E-state index contributed by atoms with van der Waals surface area (Å²) in [5.74, 6) is 0.599. The molecule has 0 saturated heterocycles. The lowest BCUT2D eigenvalue weighted by Gasteiger charge is -2.21. The molecule has 0 aliphatic heterocycles. The van der Waals surface area contributed by atoms with Crippen LogP contribution in [0.25, 0.3) is 44.9 Å². The van der Waals surface area contributed by atoms with Crippen LogP contribution < -0.4 is 10.2 Å². The van der Waals surface area contributed by atoms with Gasteiger partial charge in [-0.25, -0.2) is 4.98 Å². The zero-order valence-electron chi connectivity index (χ0n) is 25.2. The summed E-state index contributed by atoms with van der Waals surface area (Å²) in [7, 11) is -2.57. The molecule has 4 aromatic carbocycles. The van der Waals surface area contributed by atoms with Crippen LogP contribution in [0.2, 0.25) is 0 Å². The standard InChI is InChI=1S/C35H36N3O5P/c1-5-32-33(24-14-16-28(17-15-24)38(6-2)7-3)37(4)35(36-32)27-20-30(25-11-8-10-23(18-25)22-39)34(40)31(21-27)26-12-9-13-29(19-26)44(41,42)43/h8-22,40H,5-7H2,1-4H3,(H2,41,42,43). The Morgan fingerprint density at radius 1 is 0.818 bits per heavy atom. The number of anilines is 1. The Hall–Kier alpha value is -4.49. The molecule has 44 heavy (non-hydrogen) atoms. The first kappa shape index (κ1) is 31.0. The number of aryl methyl sites for hydroxylation is 1. The summed E-state index contributed by atoms with van der Waals surface area (Å²) in [6.07, 6.45) is 1.45. The number of hydrogen-bond acceptors (Lipinski definition) is 5. The van der Waals surface area contributed by atoms with E-state index in [1.54, 1.807) is 42.5 Å². The second-order valence-corrected chi connectivity index (χ2v) is 12.2. The van der Waals surface area contributed by atoms with Crippen molar-refractivity contribution in [3.8, 4) is 50.6 Å². The van der Waals surface area contributed by atoms with E-state index in [1.165, 1.54) is 12.1 Å². The number of carbonyl (C=O) groups is 1. The molecule has 0 saturated carbocycles. The van der Waals surface area contributed by atoms with Gasteiger partial charge in [0, 0.05) is 53.6 Å². The molecule has 0 atom stereocenters. The summed E-state index contributed by atoms with van der Waals surface area (Å²) in [5.41, 5.74) is 7.16. The van der Waals surface area contributed by atoms with E-state index in [1.807, 2.05) is 17.7 Å². The van der Waals surface area contributed by atoms with Crippen molar-refractivity contribution >= 4 is 24.9 Å². The lowest BCUT2D eigenvalue weighted by Crippen LogP contribution is -2.21.